The third-order valence-corrected chi connectivity index (χ3v) is 6.69. The van der Waals surface area contributed by atoms with Gasteiger partial charge in [0, 0.05) is 16.1 Å². The highest BCUT2D eigenvalue weighted by Gasteiger charge is 2.20. The number of carbonyl (C=O) groups is 1. The van der Waals surface area contributed by atoms with Gasteiger partial charge in [-0.15, -0.1) is 5.11 Å². The number of nitrogens with zero attached hydrogens (tertiary/aromatic N) is 2. The summed E-state index contributed by atoms with van der Waals surface area (Å²) in [5.41, 5.74) is 0.638. The number of phenols is 1. The lowest BCUT2D eigenvalue weighted by molar-refractivity contribution is 0.102. The van der Waals surface area contributed by atoms with Gasteiger partial charge in [0.05, 0.1) is 17.9 Å². The number of halogens is 1. The summed E-state index contributed by atoms with van der Waals surface area (Å²) in [5, 5.41) is 23.2. The number of aromatic hydroxyl groups is 1. The smallest absolute Gasteiger partial charge is 0.294 e. The van der Waals surface area contributed by atoms with Crippen LogP contribution in [0.2, 0.25) is 5.02 Å². The Morgan fingerprint density at radius 1 is 1.05 bits per heavy atom. The second-order valence-electron chi connectivity index (χ2n) is 7.98. The minimum Gasteiger partial charge on any atom is -0.505 e. The molecule has 0 bridgehead atoms. The molecular weight excluding hydrogens is 518 g/mol. The normalized spacial score (nSPS) is 11.7. The molecule has 0 unspecified atom stereocenters. The molecule has 0 aliphatic heterocycles. The number of rotatable bonds is 7. The molecule has 3 N–H and O–H groups in total. The molecule has 9 nitrogen and oxygen atoms in total. The van der Waals surface area contributed by atoms with Crippen molar-refractivity contribution in [3.63, 3.8) is 0 Å². The van der Waals surface area contributed by atoms with E-state index in [-0.39, 0.29) is 27.5 Å². The number of azo groups is 1. The number of benzene rings is 4. The van der Waals surface area contributed by atoms with Gasteiger partial charge in [0.25, 0.3) is 16.0 Å². The lowest BCUT2D eigenvalue weighted by Gasteiger charge is -2.12. The highest BCUT2D eigenvalue weighted by Crippen LogP contribution is 2.40. The van der Waals surface area contributed by atoms with E-state index in [0.717, 1.165) is 6.07 Å². The summed E-state index contributed by atoms with van der Waals surface area (Å²) < 4.78 is 38.3. The number of ether oxygens (including phenoxy) is 1. The van der Waals surface area contributed by atoms with Crippen LogP contribution in [0.15, 0.2) is 81.9 Å². The van der Waals surface area contributed by atoms with Gasteiger partial charge in [0.2, 0.25) is 0 Å². The van der Waals surface area contributed by atoms with Crippen LogP contribution in [0.3, 0.4) is 0 Å². The number of fused-ring (bicyclic) bond motifs is 1. The van der Waals surface area contributed by atoms with Crippen molar-refractivity contribution in [1.29, 1.82) is 0 Å². The summed E-state index contributed by atoms with van der Waals surface area (Å²) in [6, 6.07) is 17.8. The number of phenolic OH excluding ortho intramolecular Hbond substituents is 1. The largest absolute Gasteiger partial charge is 0.505 e. The number of amides is 1. The fraction of sp³-hybridized carbons (Fsp3) is 0.115. The average Bonchev–Trinajstić information content (AvgIpc) is 2.85. The van der Waals surface area contributed by atoms with Gasteiger partial charge in [-0.3, -0.25) is 9.35 Å². The Hall–Kier alpha value is -3.99. The molecule has 0 saturated heterocycles. The van der Waals surface area contributed by atoms with Crippen molar-refractivity contribution >= 4 is 55.5 Å². The van der Waals surface area contributed by atoms with E-state index in [0.29, 0.717) is 28.8 Å². The maximum absolute atomic E-state index is 13.1. The summed E-state index contributed by atoms with van der Waals surface area (Å²) in [5.74, 6) is -0.331. The first-order chi connectivity index (χ1) is 17.6. The van der Waals surface area contributed by atoms with Crippen molar-refractivity contribution in [2.75, 3.05) is 11.9 Å². The zero-order chi connectivity index (χ0) is 26.7. The Bertz CT molecular complexity index is 1640. The Morgan fingerprint density at radius 2 is 1.76 bits per heavy atom. The van der Waals surface area contributed by atoms with Crippen LogP contribution in [0.1, 0.15) is 22.8 Å². The van der Waals surface area contributed by atoms with Crippen LogP contribution in [0.5, 0.6) is 11.5 Å². The zero-order valence-electron chi connectivity index (χ0n) is 19.8. The van der Waals surface area contributed by atoms with E-state index in [2.05, 4.69) is 15.5 Å². The molecule has 4 aromatic carbocycles. The summed E-state index contributed by atoms with van der Waals surface area (Å²) >= 11 is 6.02. The fourth-order valence-electron chi connectivity index (χ4n) is 3.71. The second kappa shape index (κ2) is 10.6. The summed E-state index contributed by atoms with van der Waals surface area (Å²) in [7, 11) is -4.55. The van der Waals surface area contributed by atoms with Crippen LogP contribution in [-0.2, 0) is 10.1 Å². The maximum Gasteiger partial charge on any atom is 0.294 e. The summed E-state index contributed by atoms with van der Waals surface area (Å²) in [4.78, 5) is 12.7. The molecule has 190 valence electrons. The van der Waals surface area contributed by atoms with E-state index in [1.807, 2.05) is 6.92 Å². The van der Waals surface area contributed by atoms with Crippen LogP contribution in [-0.4, -0.2) is 30.6 Å². The van der Waals surface area contributed by atoms with Gasteiger partial charge in [-0.05, 0) is 67.3 Å². The Morgan fingerprint density at radius 3 is 2.43 bits per heavy atom. The van der Waals surface area contributed by atoms with Crippen LogP contribution in [0, 0.1) is 6.92 Å². The van der Waals surface area contributed by atoms with E-state index in [1.54, 1.807) is 48.5 Å². The average molecular weight is 540 g/mol. The molecule has 0 fully saturated rings. The van der Waals surface area contributed by atoms with Crippen molar-refractivity contribution in [1.82, 2.24) is 0 Å². The van der Waals surface area contributed by atoms with Crippen molar-refractivity contribution in [2.24, 2.45) is 10.2 Å². The Labute approximate surface area is 218 Å². The van der Waals surface area contributed by atoms with Gasteiger partial charge in [-0.2, -0.15) is 13.5 Å². The lowest BCUT2D eigenvalue weighted by atomic mass is 10.0. The molecule has 4 rings (SSSR count). The predicted molar refractivity (Wildman–Crippen MR) is 141 cm³/mol. The maximum atomic E-state index is 13.1. The summed E-state index contributed by atoms with van der Waals surface area (Å²) in [6.07, 6.45) is 0. The molecule has 0 heterocycles. The van der Waals surface area contributed by atoms with Crippen LogP contribution in [0.4, 0.5) is 17.1 Å². The molecule has 0 spiro atoms. The SMILES string of the molecule is CCOc1ccc(NC(=O)c2cc3ccccc3c(N=Nc3cc(Cl)cc(S(=O)(=O)O)c3C)c2O)cc1. The number of hydrogen-bond acceptors (Lipinski definition) is 7. The van der Waals surface area contributed by atoms with Crippen molar-refractivity contribution in [3.05, 3.63) is 82.9 Å². The monoisotopic (exact) mass is 539 g/mol. The predicted octanol–water partition coefficient (Wildman–Crippen LogP) is 6.82. The molecule has 0 aromatic heterocycles. The second-order valence-corrected chi connectivity index (χ2v) is 9.80. The van der Waals surface area contributed by atoms with Crippen LogP contribution in [0.25, 0.3) is 10.8 Å². The number of anilines is 1. The summed E-state index contributed by atoms with van der Waals surface area (Å²) in [6.45, 7) is 3.82. The lowest BCUT2D eigenvalue weighted by Crippen LogP contribution is -2.12. The van der Waals surface area contributed by atoms with E-state index in [4.69, 9.17) is 16.3 Å². The van der Waals surface area contributed by atoms with Gasteiger partial charge < -0.3 is 15.2 Å². The molecule has 0 aliphatic rings. The Balaban J connectivity index is 1.76. The Kier molecular flexibility index (Phi) is 7.44. The van der Waals surface area contributed by atoms with Gasteiger partial charge in [0.15, 0.2) is 5.75 Å². The molecule has 0 atom stereocenters. The minimum absolute atomic E-state index is 0.00252. The topological polar surface area (TPSA) is 138 Å². The highest BCUT2D eigenvalue weighted by atomic mass is 35.5. The molecule has 0 saturated carbocycles. The van der Waals surface area contributed by atoms with Crippen LogP contribution >= 0.6 is 11.6 Å². The quantitative estimate of drug-likeness (QED) is 0.174. The van der Waals surface area contributed by atoms with Gasteiger partial charge in [-0.1, -0.05) is 35.9 Å². The highest BCUT2D eigenvalue weighted by molar-refractivity contribution is 7.85. The van der Waals surface area contributed by atoms with Gasteiger partial charge in [0.1, 0.15) is 16.3 Å². The molecule has 4 aromatic rings. The molecule has 1 amide bonds. The van der Waals surface area contributed by atoms with Gasteiger partial charge in [-0.25, -0.2) is 0 Å². The molecule has 0 aliphatic carbocycles. The van der Waals surface area contributed by atoms with Crippen molar-refractivity contribution < 1.29 is 27.6 Å². The van der Waals surface area contributed by atoms with E-state index in [1.165, 1.54) is 19.1 Å². The first-order valence-electron chi connectivity index (χ1n) is 11.1. The first kappa shape index (κ1) is 26.1. The van der Waals surface area contributed by atoms with E-state index >= 15 is 0 Å². The first-order valence-corrected chi connectivity index (χ1v) is 12.9. The van der Waals surface area contributed by atoms with Crippen molar-refractivity contribution in [3.8, 4) is 11.5 Å². The third kappa shape index (κ3) is 5.72. The molecule has 37 heavy (non-hydrogen) atoms. The fourth-order valence-corrected chi connectivity index (χ4v) is 4.75. The number of carbonyl (C=O) groups excluding carboxylic acids is 1. The third-order valence-electron chi connectivity index (χ3n) is 5.50. The van der Waals surface area contributed by atoms with Crippen LogP contribution < -0.4 is 10.1 Å². The van der Waals surface area contributed by atoms with Crippen molar-refractivity contribution in [2.45, 2.75) is 18.7 Å². The minimum atomic E-state index is -4.55. The zero-order valence-corrected chi connectivity index (χ0v) is 21.3. The van der Waals surface area contributed by atoms with E-state index in [9.17, 15) is 22.9 Å². The standard InChI is InChI=1S/C26H22ClN3O6S/c1-3-36-19-10-8-18(9-11-19)28-26(32)21-12-16-6-4-5-7-20(16)24(25(21)31)30-29-22-13-17(27)14-23(15(22)2)37(33,34)35/h4-14,31H,3H2,1-2H3,(H,28,32)(H,33,34,35). The van der Waals surface area contributed by atoms with Gasteiger partial charge >= 0.3 is 0 Å². The number of nitrogens with one attached hydrogen (secondary N) is 1. The molecular formula is C26H22ClN3O6S. The molecule has 0 radical (unpaired) electrons. The molecule has 11 heteroatoms. The number of hydrogen-bond donors (Lipinski definition) is 3. The van der Waals surface area contributed by atoms with E-state index < -0.39 is 26.7 Å².